The van der Waals surface area contributed by atoms with Crippen LogP contribution in [-0.2, 0) is 11.2 Å². The maximum atomic E-state index is 11.5. The molecule has 1 aromatic rings. The average Bonchev–Trinajstić information content (AvgIpc) is 2.65. The van der Waals surface area contributed by atoms with Crippen molar-refractivity contribution in [2.24, 2.45) is 0 Å². The van der Waals surface area contributed by atoms with Crippen LogP contribution in [0.2, 0.25) is 0 Å². The van der Waals surface area contributed by atoms with E-state index < -0.39 is 12.0 Å². The molecule has 0 aliphatic rings. The third-order valence-electron chi connectivity index (χ3n) is 1.95. The Labute approximate surface area is 91.9 Å². The molecule has 1 aromatic heterocycles. The molecule has 0 radical (unpaired) electrons. The lowest BCUT2D eigenvalue weighted by Gasteiger charge is -2.07. The second-order valence-corrected chi connectivity index (χ2v) is 4.32. The summed E-state index contributed by atoms with van der Waals surface area (Å²) in [5, 5.41) is 11.0. The molecule has 0 spiro atoms. The Kier molecular flexibility index (Phi) is 3.85. The summed E-state index contributed by atoms with van der Waals surface area (Å²) in [4.78, 5) is 23.7. The molecule has 1 heterocycles. The first-order valence-corrected chi connectivity index (χ1v) is 5.48. The maximum absolute atomic E-state index is 11.5. The third kappa shape index (κ3) is 3.06. The van der Waals surface area contributed by atoms with Crippen LogP contribution < -0.4 is 5.32 Å². The summed E-state index contributed by atoms with van der Waals surface area (Å²) in [5.41, 5.74) is 0. The molecule has 5 heteroatoms. The third-order valence-corrected chi connectivity index (χ3v) is 3.18. The van der Waals surface area contributed by atoms with Crippen LogP contribution in [0.1, 0.15) is 28.4 Å². The molecular weight excluding hydrogens is 214 g/mol. The Bertz CT molecular complexity index is 372. The number of aryl methyl sites for hydroxylation is 1. The van der Waals surface area contributed by atoms with Crippen molar-refractivity contribution in [2.75, 3.05) is 0 Å². The lowest BCUT2D eigenvalue weighted by atomic mass is 10.3. The second kappa shape index (κ2) is 4.93. The normalized spacial score (nSPS) is 12.1. The van der Waals surface area contributed by atoms with E-state index in [-0.39, 0.29) is 5.91 Å². The zero-order chi connectivity index (χ0) is 11.4. The van der Waals surface area contributed by atoms with Crippen molar-refractivity contribution in [2.45, 2.75) is 26.3 Å². The van der Waals surface area contributed by atoms with E-state index in [0.29, 0.717) is 4.88 Å². The molecule has 15 heavy (non-hydrogen) atoms. The molecule has 1 rings (SSSR count). The molecule has 82 valence electrons. The van der Waals surface area contributed by atoms with Crippen LogP contribution in [0.15, 0.2) is 12.1 Å². The Balaban J connectivity index is 2.65. The van der Waals surface area contributed by atoms with Gasteiger partial charge >= 0.3 is 5.97 Å². The summed E-state index contributed by atoms with van der Waals surface area (Å²) >= 11 is 1.39. The number of hydrogen-bond acceptors (Lipinski definition) is 3. The van der Waals surface area contributed by atoms with Gasteiger partial charge in [0.05, 0.1) is 4.88 Å². The number of carbonyl (C=O) groups excluding carboxylic acids is 1. The van der Waals surface area contributed by atoms with Crippen LogP contribution in [0.4, 0.5) is 0 Å². The fourth-order valence-electron chi connectivity index (χ4n) is 1.02. The van der Waals surface area contributed by atoms with Gasteiger partial charge in [0, 0.05) is 4.88 Å². The van der Waals surface area contributed by atoms with Crippen LogP contribution in [-0.4, -0.2) is 23.0 Å². The molecule has 4 nitrogen and oxygen atoms in total. The monoisotopic (exact) mass is 227 g/mol. The van der Waals surface area contributed by atoms with Crippen molar-refractivity contribution in [3.8, 4) is 0 Å². The first-order chi connectivity index (χ1) is 7.04. The number of nitrogens with one attached hydrogen (secondary N) is 1. The molecule has 2 N–H and O–H groups in total. The van der Waals surface area contributed by atoms with Crippen molar-refractivity contribution >= 4 is 23.2 Å². The molecule has 1 unspecified atom stereocenters. The van der Waals surface area contributed by atoms with E-state index in [4.69, 9.17) is 5.11 Å². The molecule has 1 amide bonds. The zero-order valence-corrected chi connectivity index (χ0v) is 9.43. The summed E-state index contributed by atoms with van der Waals surface area (Å²) in [6.07, 6.45) is 0.881. The summed E-state index contributed by atoms with van der Waals surface area (Å²) in [6.45, 7) is 3.45. The minimum atomic E-state index is -1.03. The van der Waals surface area contributed by atoms with Crippen LogP contribution in [0, 0.1) is 0 Å². The van der Waals surface area contributed by atoms with Gasteiger partial charge in [0.1, 0.15) is 6.04 Å². The van der Waals surface area contributed by atoms with E-state index in [1.165, 1.54) is 18.3 Å². The molecule has 1 atom stereocenters. The number of carboxylic acids is 1. The molecule has 0 aromatic carbocycles. The van der Waals surface area contributed by atoms with Crippen molar-refractivity contribution in [3.05, 3.63) is 21.9 Å². The van der Waals surface area contributed by atoms with Gasteiger partial charge in [0.25, 0.3) is 5.91 Å². The topological polar surface area (TPSA) is 66.4 Å². The van der Waals surface area contributed by atoms with Gasteiger partial charge in [0.15, 0.2) is 0 Å². The van der Waals surface area contributed by atoms with Crippen LogP contribution in [0.25, 0.3) is 0 Å². The van der Waals surface area contributed by atoms with E-state index in [2.05, 4.69) is 5.32 Å². The van der Waals surface area contributed by atoms with Gasteiger partial charge in [-0.25, -0.2) is 0 Å². The van der Waals surface area contributed by atoms with Gasteiger partial charge in [-0.05, 0) is 25.5 Å². The van der Waals surface area contributed by atoms with Crippen LogP contribution in [0.5, 0.6) is 0 Å². The van der Waals surface area contributed by atoms with Crippen LogP contribution in [0.3, 0.4) is 0 Å². The highest BCUT2D eigenvalue weighted by Gasteiger charge is 2.16. The van der Waals surface area contributed by atoms with E-state index in [1.54, 1.807) is 6.07 Å². The predicted molar refractivity (Wildman–Crippen MR) is 58.3 cm³/mol. The number of aliphatic carboxylic acids is 1. The van der Waals surface area contributed by atoms with E-state index in [1.807, 2.05) is 13.0 Å². The zero-order valence-electron chi connectivity index (χ0n) is 8.61. The fourth-order valence-corrected chi connectivity index (χ4v) is 1.87. The number of carbonyl (C=O) groups is 2. The summed E-state index contributed by atoms with van der Waals surface area (Å²) in [7, 11) is 0. The van der Waals surface area contributed by atoms with Gasteiger partial charge in [-0.2, -0.15) is 0 Å². The van der Waals surface area contributed by atoms with E-state index >= 15 is 0 Å². The first-order valence-electron chi connectivity index (χ1n) is 4.67. The highest BCUT2D eigenvalue weighted by molar-refractivity contribution is 7.14. The average molecular weight is 227 g/mol. The molecule has 0 saturated carbocycles. The van der Waals surface area contributed by atoms with Gasteiger partial charge in [-0.3, -0.25) is 9.59 Å². The first kappa shape index (κ1) is 11.7. The lowest BCUT2D eigenvalue weighted by Crippen LogP contribution is -2.37. The number of thiophene rings is 1. The standard InChI is InChI=1S/C10H13NO3S/c1-3-7-4-5-8(15-7)9(12)11-6(2)10(13)14/h4-6H,3H2,1-2H3,(H,11,12)(H,13,14). The SMILES string of the molecule is CCc1ccc(C(=O)NC(C)C(=O)O)s1. The van der Waals surface area contributed by atoms with Crippen molar-refractivity contribution in [3.63, 3.8) is 0 Å². The fraction of sp³-hybridized carbons (Fsp3) is 0.400. The smallest absolute Gasteiger partial charge is 0.325 e. The van der Waals surface area contributed by atoms with Crippen molar-refractivity contribution in [1.29, 1.82) is 0 Å². The number of amides is 1. The quantitative estimate of drug-likeness (QED) is 0.819. The largest absolute Gasteiger partial charge is 0.480 e. The number of hydrogen-bond donors (Lipinski definition) is 2. The Morgan fingerprint density at radius 1 is 1.53 bits per heavy atom. The highest BCUT2D eigenvalue weighted by Crippen LogP contribution is 2.16. The Hall–Kier alpha value is -1.36. The molecule has 0 aliphatic carbocycles. The van der Waals surface area contributed by atoms with Gasteiger partial charge < -0.3 is 10.4 Å². The summed E-state index contributed by atoms with van der Waals surface area (Å²) in [5.74, 6) is -1.36. The molecule has 0 aliphatic heterocycles. The molecular formula is C10H13NO3S. The van der Waals surface area contributed by atoms with Crippen molar-refractivity contribution in [1.82, 2.24) is 5.32 Å². The predicted octanol–water partition coefficient (Wildman–Crippen LogP) is 1.51. The Morgan fingerprint density at radius 3 is 2.67 bits per heavy atom. The number of carboxylic acid groups (broad SMARTS) is 1. The molecule has 0 saturated heterocycles. The summed E-state index contributed by atoms with van der Waals surface area (Å²) < 4.78 is 0. The minimum absolute atomic E-state index is 0.324. The Morgan fingerprint density at radius 2 is 2.20 bits per heavy atom. The van der Waals surface area contributed by atoms with Crippen molar-refractivity contribution < 1.29 is 14.7 Å². The summed E-state index contributed by atoms with van der Waals surface area (Å²) in [6, 6.07) is 2.74. The number of rotatable bonds is 4. The minimum Gasteiger partial charge on any atom is -0.480 e. The van der Waals surface area contributed by atoms with Crippen LogP contribution >= 0.6 is 11.3 Å². The van der Waals surface area contributed by atoms with Gasteiger partial charge in [-0.15, -0.1) is 11.3 Å². The van der Waals surface area contributed by atoms with Gasteiger partial charge in [-0.1, -0.05) is 6.92 Å². The molecule has 0 fully saturated rings. The maximum Gasteiger partial charge on any atom is 0.325 e. The lowest BCUT2D eigenvalue weighted by molar-refractivity contribution is -0.138. The van der Waals surface area contributed by atoms with Gasteiger partial charge in [0.2, 0.25) is 0 Å². The molecule has 0 bridgehead atoms. The van der Waals surface area contributed by atoms with E-state index in [0.717, 1.165) is 11.3 Å². The second-order valence-electron chi connectivity index (χ2n) is 3.15. The highest BCUT2D eigenvalue weighted by atomic mass is 32.1. The van der Waals surface area contributed by atoms with E-state index in [9.17, 15) is 9.59 Å².